The summed E-state index contributed by atoms with van der Waals surface area (Å²) in [6.07, 6.45) is 7.91. The third-order valence-corrected chi connectivity index (χ3v) is 3.74. The van der Waals surface area contributed by atoms with Gasteiger partial charge in [0.15, 0.2) is 0 Å². The van der Waals surface area contributed by atoms with Crippen molar-refractivity contribution in [1.82, 2.24) is 35.0 Å². The number of imidazole rings is 2. The summed E-state index contributed by atoms with van der Waals surface area (Å²) >= 11 is 0. The van der Waals surface area contributed by atoms with E-state index >= 15 is 0 Å². The molecule has 8 nitrogen and oxygen atoms in total. The monoisotopic (exact) mass is 297 g/mol. The van der Waals surface area contributed by atoms with Gasteiger partial charge in [0.25, 0.3) is 0 Å². The van der Waals surface area contributed by atoms with Crippen LogP contribution in [0.25, 0.3) is 5.78 Å². The van der Waals surface area contributed by atoms with Crippen LogP contribution < -0.4 is 10.6 Å². The van der Waals surface area contributed by atoms with Crippen LogP contribution in [0, 0.1) is 0 Å². The van der Waals surface area contributed by atoms with Crippen molar-refractivity contribution < 1.29 is 4.79 Å². The van der Waals surface area contributed by atoms with Crippen LogP contribution in [-0.2, 0) is 17.8 Å². The van der Waals surface area contributed by atoms with E-state index in [4.69, 9.17) is 0 Å². The molecule has 0 aliphatic carbocycles. The molecule has 0 fully saturated rings. The van der Waals surface area contributed by atoms with Crippen molar-refractivity contribution >= 4 is 11.7 Å². The highest BCUT2D eigenvalue weighted by Crippen LogP contribution is 2.19. The van der Waals surface area contributed by atoms with Crippen LogP contribution in [-0.4, -0.2) is 36.8 Å². The van der Waals surface area contributed by atoms with Crippen LogP contribution in [0.3, 0.4) is 0 Å². The Balaban J connectivity index is 1.47. The van der Waals surface area contributed by atoms with Crippen molar-refractivity contribution in [3.63, 3.8) is 0 Å². The van der Waals surface area contributed by atoms with E-state index in [9.17, 15) is 4.79 Å². The second-order valence-electron chi connectivity index (χ2n) is 5.18. The molecule has 0 radical (unpaired) electrons. The summed E-state index contributed by atoms with van der Waals surface area (Å²) in [7, 11) is 0. The zero-order valence-corrected chi connectivity index (χ0v) is 11.8. The van der Waals surface area contributed by atoms with Crippen molar-refractivity contribution in [2.45, 2.75) is 19.0 Å². The van der Waals surface area contributed by atoms with E-state index in [1.165, 1.54) is 0 Å². The summed E-state index contributed by atoms with van der Waals surface area (Å²) in [6, 6.07) is 1.42. The standard InChI is InChI=1S/C14H15N7O/c22-13(12-11-10(2-4-15-12)18-8-19-11)17-6-9-7-21-5-1-3-16-14(21)20-9/h1,3,5,7-8,12,15H,2,4,6H2,(H,17,22)(H,18,19). The zero-order chi connectivity index (χ0) is 14.9. The van der Waals surface area contributed by atoms with Crippen molar-refractivity contribution in [3.8, 4) is 0 Å². The molecule has 1 atom stereocenters. The van der Waals surface area contributed by atoms with Crippen LogP contribution in [0.4, 0.5) is 0 Å². The number of carbonyl (C=O) groups excluding carboxylic acids is 1. The maximum Gasteiger partial charge on any atom is 0.243 e. The summed E-state index contributed by atoms with van der Waals surface area (Å²) < 4.78 is 1.83. The topological polar surface area (TPSA) is 100 Å². The molecule has 0 bridgehead atoms. The number of aromatic nitrogens is 5. The number of hydrogen-bond acceptors (Lipinski definition) is 5. The average molecular weight is 297 g/mol. The van der Waals surface area contributed by atoms with Crippen molar-refractivity contribution in [3.05, 3.63) is 48.1 Å². The Hall–Kier alpha value is -2.74. The average Bonchev–Trinajstić information content (AvgIpc) is 3.18. The molecule has 112 valence electrons. The van der Waals surface area contributed by atoms with E-state index in [1.807, 2.05) is 22.9 Å². The van der Waals surface area contributed by atoms with Gasteiger partial charge in [-0.05, 0) is 6.07 Å². The Morgan fingerprint density at radius 2 is 2.41 bits per heavy atom. The maximum absolute atomic E-state index is 12.4. The van der Waals surface area contributed by atoms with Gasteiger partial charge in [-0.1, -0.05) is 0 Å². The van der Waals surface area contributed by atoms with Crippen LogP contribution in [0.15, 0.2) is 31.0 Å². The molecule has 0 aromatic carbocycles. The van der Waals surface area contributed by atoms with E-state index in [0.29, 0.717) is 12.3 Å². The lowest BCUT2D eigenvalue weighted by molar-refractivity contribution is -0.123. The van der Waals surface area contributed by atoms with Gasteiger partial charge in [-0.25, -0.2) is 15.0 Å². The number of rotatable bonds is 3. The fourth-order valence-corrected chi connectivity index (χ4v) is 2.68. The molecular weight excluding hydrogens is 282 g/mol. The van der Waals surface area contributed by atoms with Gasteiger partial charge in [-0.15, -0.1) is 0 Å². The van der Waals surface area contributed by atoms with Crippen molar-refractivity contribution in [2.75, 3.05) is 6.54 Å². The van der Waals surface area contributed by atoms with E-state index in [1.54, 1.807) is 12.5 Å². The number of nitrogens with zero attached hydrogens (tertiary/aromatic N) is 4. The van der Waals surface area contributed by atoms with Gasteiger partial charge in [0, 0.05) is 37.3 Å². The van der Waals surface area contributed by atoms with Crippen LogP contribution in [0.2, 0.25) is 0 Å². The van der Waals surface area contributed by atoms with Crippen LogP contribution in [0.1, 0.15) is 23.1 Å². The maximum atomic E-state index is 12.4. The number of nitrogens with one attached hydrogen (secondary N) is 3. The fraction of sp³-hybridized carbons (Fsp3) is 0.286. The Kier molecular flexibility index (Phi) is 3.08. The molecular formula is C14H15N7O. The largest absolute Gasteiger partial charge is 0.349 e. The molecule has 3 N–H and O–H groups in total. The molecule has 3 aromatic heterocycles. The normalized spacial score (nSPS) is 17.4. The lowest BCUT2D eigenvalue weighted by Crippen LogP contribution is -2.41. The molecule has 1 amide bonds. The Labute approximate surface area is 126 Å². The quantitative estimate of drug-likeness (QED) is 0.629. The van der Waals surface area contributed by atoms with E-state index < -0.39 is 6.04 Å². The molecule has 3 aromatic rings. The van der Waals surface area contributed by atoms with E-state index in [2.05, 4.69) is 30.6 Å². The van der Waals surface area contributed by atoms with Gasteiger partial charge in [0.05, 0.1) is 24.3 Å². The number of hydrogen-bond donors (Lipinski definition) is 3. The summed E-state index contributed by atoms with van der Waals surface area (Å²) in [5, 5.41) is 6.09. The molecule has 1 aliphatic heterocycles. The Morgan fingerprint density at radius 1 is 1.45 bits per heavy atom. The fourth-order valence-electron chi connectivity index (χ4n) is 2.68. The summed E-state index contributed by atoms with van der Waals surface area (Å²) in [5.74, 6) is 0.523. The van der Waals surface area contributed by atoms with E-state index in [0.717, 1.165) is 30.0 Å². The number of fused-ring (bicyclic) bond motifs is 2. The van der Waals surface area contributed by atoms with Gasteiger partial charge in [-0.3, -0.25) is 9.20 Å². The summed E-state index contributed by atoms with van der Waals surface area (Å²) in [6.45, 7) is 1.12. The van der Waals surface area contributed by atoms with Crippen molar-refractivity contribution in [2.24, 2.45) is 0 Å². The molecule has 4 heterocycles. The predicted molar refractivity (Wildman–Crippen MR) is 77.9 cm³/mol. The molecule has 8 heteroatoms. The minimum Gasteiger partial charge on any atom is -0.349 e. The molecule has 0 saturated heterocycles. The van der Waals surface area contributed by atoms with Crippen molar-refractivity contribution in [1.29, 1.82) is 0 Å². The SMILES string of the molecule is O=C(NCc1cn2cccnc2n1)C1NCCc2[nH]cnc21. The summed E-state index contributed by atoms with van der Waals surface area (Å²) in [5.41, 5.74) is 2.57. The predicted octanol–water partition coefficient (Wildman–Crippen LogP) is -0.0444. The van der Waals surface area contributed by atoms with Gasteiger partial charge in [0.2, 0.25) is 11.7 Å². The first-order valence-electron chi connectivity index (χ1n) is 7.13. The third kappa shape index (κ3) is 2.23. The van der Waals surface area contributed by atoms with Gasteiger partial charge < -0.3 is 15.6 Å². The lowest BCUT2D eigenvalue weighted by Gasteiger charge is -2.21. The van der Waals surface area contributed by atoms with Crippen LogP contribution >= 0.6 is 0 Å². The molecule has 4 rings (SSSR count). The first-order chi connectivity index (χ1) is 10.8. The third-order valence-electron chi connectivity index (χ3n) is 3.74. The number of H-pyrrole nitrogens is 1. The highest BCUT2D eigenvalue weighted by Gasteiger charge is 2.28. The summed E-state index contributed by atoms with van der Waals surface area (Å²) in [4.78, 5) is 28.2. The van der Waals surface area contributed by atoms with E-state index in [-0.39, 0.29) is 5.91 Å². The number of carbonyl (C=O) groups is 1. The Bertz CT molecular complexity index is 788. The zero-order valence-electron chi connectivity index (χ0n) is 11.8. The first-order valence-corrected chi connectivity index (χ1v) is 7.13. The van der Waals surface area contributed by atoms with Gasteiger partial charge >= 0.3 is 0 Å². The molecule has 1 aliphatic rings. The van der Waals surface area contributed by atoms with Crippen LogP contribution in [0.5, 0.6) is 0 Å². The molecule has 0 spiro atoms. The highest BCUT2D eigenvalue weighted by molar-refractivity contribution is 5.83. The minimum absolute atomic E-state index is 0.0990. The number of aromatic amines is 1. The lowest BCUT2D eigenvalue weighted by atomic mass is 10.1. The Morgan fingerprint density at radius 3 is 3.32 bits per heavy atom. The molecule has 22 heavy (non-hydrogen) atoms. The highest BCUT2D eigenvalue weighted by atomic mass is 16.2. The second-order valence-corrected chi connectivity index (χ2v) is 5.18. The van der Waals surface area contributed by atoms with Gasteiger partial charge in [-0.2, -0.15) is 0 Å². The van der Waals surface area contributed by atoms with Gasteiger partial charge in [0.1, 0.15) is 6.04 Å². The minimum atomic E-state index is -0.412. The number of amides is 1. The first kappa shape index (κ1) is 13.0. The second kappa shape index (κ2) is 5.23. The molecule has 0 saturated carbocycles. The smallest absolute Gasteiger partial charge is 0.243 e. The molecule has 1 unspecified atom stereocenters.